The van der Waals surface area contributed by atoms with Crippen molar-refractivity contribution < 1.29 is 9.50 Å². The SMILES string of the molecule is Oc1cc(S)c(F)c(Br)c1. The van der Waals surface area contributed by atoms with Gasteiger partial charge in [0.25, 0.3) is 0 Å². The van der Waals surface area contributed by atoms with Gasteiger partial charge < -0.3 is 5.11 Å². The van der Waals surface area contributed by atoms with Gasteiger partial charge >= 0.3 is 0 Å². The first kappa shape index (κ1) is 7.88. The number of thiol groups is 1. The summed E-state index contributed by atoms with van der Waals surface area (Å²) in [5, 5.41) is 8.87. The summed E-state index contributed by atoms with van der Waals surface area (Å²) in [7, 11) is 0. The maximum Gasteiger partial charge on any atom is 0.150 e. The van der Waals surface area contributed by atoms with Gasteiger partial charge in [0.2, 0.25) is 0 Å². The number of rotatable bonds is 0. The zero-order chi connectivity index (χ0) is 7.72. The van der Waals surface area contributed by atoms with Gasteiger partial charge in [-0.3, -0.25) is 0 Å². The zero-order valence-electron chi connectivity index (χ0n) is 4.81. The second kappa shape index (κ2) is 2.80. The second-order valence-electron chi connectivity index (χ2n) is 1.76. The number of aromatic hydroxyl groups is 1. The maximum atomic E-state index is 12.7. The van der Waals surface area contributed by atoms with E-state index >= 15 is 0 Å². The molecule has 0 aliphatic rings. The molecule has 0 saturated heterocycles. The molecule has 10 heavy (non-hydrogen) atoms. The first-order chi connectivity index (χ1) is 4.61. The summed E-state index contributed by atoms with van der Waals surface area (Å²) in [4.78, 5) is 0.131. The van der Waals surface area contributed by atoms with Crippen LogP contribution in [0.15, 0.2) is 21.5 Å². The molecule has 0 saturated carbocycles. The van der Waals surface area contributed by atoms with Gasteiger partial charge in [0.1, 0.15) is 5.75 Å². The molecule has 1 nitrogen and oxygen atoms in total. The van der Waals surface area contributed by atoms with Gasteiger partial charge in [0, 0.05) is 4.90 Å². The van der Waals surface area contributed by atoms with Crippen LogP contribution in [0.2, 0.25) is 0 Å². The first-order valence-electron chi connectivity index (χ1n) is 2.48. The van der Waals surface area contributed by atoms with Crippen molar-refractivity contribution in [2.75, 3.05) is 0 Å². The van der Waals surface area contributed by atoms with Crippen LogP contribution >= 0.6 is 28.6 Å². The van der Waals surface area contributed by atoms with E-state index in [4.69, 9.17) is 5.11 Å². The van der Waals surface area contributed by atoms with Crippen molar-refractivity contribution in [3.63, 3.8) is 0 Å². The van der Waals surface area contributed by atoms with Crippen LogP contribution in [-0.2, 0) is 0 Å². The lowest BCUT2D eigenvalue weighted by Gasteiger charge is -1.98. The zero-order valence-corrected chi connectivity index (χ0v) is 7.29. The smallest absolute Gasteiger partial charge is 0.150 e. The molecule has 4 heteroatoms. The largest absolute Gasteiger partial charge is 0.508 e. The van der Waals surface area contributed by atoms with E-state index < -0.39 is 5.82 Å². The quantitative estimate of drug-likeness (QED) is 0.647. The van der Waals surface area contributed by atoms with E-state index in [1.54, 1.807) is 0 Å². The molecule has 0 aliphatic heterocycles. The number of hydrogen-bond donors (Lipinski definition) is 2. The molecule has 0 amide bonds. The maximum absolute atomic E-state index is 12.7. The molecule has 1 rings (SSSR count). The Balaban J connectivity index is 3.31. The standard InChI is InChI=1S/C6H4BrFOS/c7-4-1-3(9)2-5(10)6(4)8/h1-2,9-10H. The van der Waals surface area contributed by atoms with Gasteiger partial charge in [0.15, 0.2) is 5.82 Å². The second-order valence-corrected chi connectivity index (χ2v) is 3.10. The van der Waals surface area contributed by atoms with Crippen LogP contribution in [0.4, 0.5) is 4.39 Å². The van der Waals surface area contributed by atoms with Gasteiger partial charge in [-0.25, -0.2) is 4.39 Å². The van der Waals surface area contributed by atoms with Crippen molar-refractivity contribution >= 4 is 28.6 Å². The van der Waals surface area contributed by atoms with Gasteiger partial charge in [-0.2, -0.15) is 0 Å². The molecule has 0 spiro atoms. The summed E-state index contributed by atoms with van der Waals surface area (Å²) in [6.45, 7) is 0. The van der Waals surface area contributed by atoms with E-state index in [1.807, 2.05) is 0 Å². The Morgan fingerprint density at radius 2 is 2.10 bits per heavy atom. The molecule has 1 aromatic carbocycles. The van der Waals surface area contributed by atoms with Crippen LogP contribution in [0.25, 0.3) is 0 Å². The summed E-state index contributed by atoms with van der Waals surface area (Å²) < 4.78 is 12.9. The molecule has 54 valence electrons. The fourth-order valence-corrected chi connectivity index (χ4v) is 1.41. The highest BCUT2D eigenvalue weighted by atomic mass is 79.9. The Morgan fingerprint density at radius 3 is 2.60 bits per heavy atom. The number of hydrogen-bond acceptors (Lipinski definition) is 2. The molecular weight excluding hydrogens is 219 g/mol. The Bertz CT molecular complexity index is 241. The van der Waals surface area contributed by atoms with Crippen LogP contribution in [0.5, 0.6) is 5.75 Å². The van der Waals surface area contributed by atoms with E-state index in [-0.39, 0.29) is 15.1 Å². The van der Waals surface area contributed by atoms with Crippen molar-refractivity contribution in [3.8, 4) is 5.75 Å². The number of benzene rings is 1. The van der Waals surface area contributed by atoms with E-state index in [2.05, 4.69) is 28.6 Å². The number of halogens is 2. The minimum atomic E-state index is -0.457. The minimum absolute atomic E-state index is 0.00160. The average molecular weight is 223 g/mol. The molecule has 1 aromatic rings. The molecule has 1 N–H and O–H groups in total. The summed E-state index contributed by atoms with van der Waals surface area (Å²) in [6.07, 6.45) is 0. The molecule has 0 unspecified atom stereocenters. The highest BCUT2D eigenvalue weighted by Gasteiger charge is 2.04. The van der Waals surface area contributed by atoms with Gasteiger partial charge in [-0.15, -0.1) is 12.6 Å². The van der Waals surface area contributed by atoms with Gasteiger partial charge in [0.05, 0.1) is 4.47 Å². The predicted molar refractivity (Wildman–Crippen MR) is 43.0 cm³/mol. The molecule has 0 fully saturated rings. The third-order valence-electron chi connectivity index (χ3n) is 0.994. The molecule has 0 atom stereocenters. The third-order valence-corrected chi connectivity index (χ3v) is 1.90. The van der Waals surface area contributed by atoms with Crippen molar-refractivity contribution in [2.24, 2.45) is 0 Å². The molecular formula is C6H4BrFOS. The van der Waals surface area contributed by atoms with Crippen molar-refractivity contribution in [1.82, 2.24) is 0 Å². The lowest BCUT2D eigenvalue weighted by atomic mass is 10.3. The average Bonchev–Trinajstić information content (AvgIpc) is 1.82. The van der Waals surface area contributed by atoms with Crippen LogP contribution in [0, 0.1) is 5.82 Å². The summed E-state index contributed by atoms with van der Waals surface area (Å²) >= 11 is 6.69. The molecule has 0 heterocycles. The molecule has 0 aliphatic carbocycles. The number of phenolic OH excluding ortho intramolecular Hbond substituents is 1. The molecule has 0 bridgehead atoms. The Hall–Kier alpha value is -0.220. The highest BCUT2D eigenvalue weighted by Crippen LogP contribution is 2.26. The van der Waals surface area contributed by atoms with Crippen molar-refractivity contribution in [1.29, 1.82) is 0 Å². The normalized spacial score (nSPS) is 9.90. The predicted octanol–water partition coefficient (Wildman–Crippen LogP) is 2.58. The summed E-state index contributed by atoms with van der Waals surface area (Å²) in [5.41, 5.74) is 0. The van der Waals surface area contributed by atoms with Crippen molar-refractivity contribution in [3.05, 3.63) is 22.4 Å². The fourth-order valence-electron chi connectivity index (χ4n) is 0.561. The van der Waals surface area contributed by atoms with Crippen molar-refractivity contribution in [2.45, 2.75) is 4.90 Å². The Kier molecular flexibility index (Phi) is 2.21. The van der Waals surface area contributed by atoms with Crippen LogP contribution in [0.3, 0.4) is 0 Å². The summed E-state index contributed by atoms with van der Waals surface area (Å²) in [5.74, 6) is -0.459. The first-order valence-corrected chi connectivity index (χ1v) is 3.72. The monoisotopic (exact) mass is 222 g/mol. The lowest BCUT2D eigenvalue weighted by molar-refractivity contribution is 0.468. The van der Waals surface area contributed by atoms with Crippen LogP contribution in [0.1, 0.15) is 0 Å². The van der Waals surface area contributed by atoms with Crippen LogP contribution in [-0.4, -0.2) is 5.11 Å². The highest BCUT2D eigenvalue weighted by molar-refractivity contribution is 9.10. The Morgan fingerprint density at radius 1 is 1.50 bits per heavy atom. The van der Waals surface area contributed by atoms with E-state index in [9.17, 15) is 4.39 Å². The Labute approximate surface area is 71.4 Å². The third kappa shape index (κ3) is 1.44. The van der Waals surface area contributed by atoms with E-state index in [0.29, 0.717) is 0 Å². The lowest BCUT2D eigenvalue weighted by Crippen LogP contribution is -1.78. The molecule has 0 radical (unpaired) electrons. The van der Waals surface area contributed by atoms with E-state index in [0.717, 1.165) is 0 Å². The van der Waals surface area contributed by atoms with Crippen LogP contribution < -0.4 is 0 Å². The van der Waals surface area contributed by atoms with Gasteiger partial charge in [-0.1, -0.05) is 0 Å². The minimum Gasteiger partial charge on any atom is -0.508 e. The number of phenols is 1. The molecule has 0 aromatic heterocycles. The fraction of sp³-hybridized carbons (Fsp3) is 0. The topological polar surface area (TPSA) is 20.2 Å². The summed E-state index contributed by atoms with van der Waals surface area (Å²) in [6, 6.07) is 2.51. The van der Waals surface area contributed by atoms with Gasteiger partial charge in [-0.05, 0) is 28.1 Å². The van der Waals surface area contributed by atoms with E-state index in [1.165, 1.54) is 12.1 Å².